The summed E-state index contributed by atoms with van der Waals surface area (Å²) in [7, 11) is 0. The van der Waals surface area contributed by atoms with Gasteiger partial charge in [-0.1, -0.05) is 18.2 Å². The van der Waals surface area contributed by atoms with Crippen molar-refractivity contribution in [2.75, 3.05) is 0 Å². The van der Waals surface area contributed by atoms with Crippen LogP contribution in [0.1, 0.15) is 5.69 Å². The zero-order valence-corrected chi connectivity index (χ0v) is 8.32. The Hall–Kier alpha value is -1.49. The molecule has 0 radical (unpaired) electrons. The Bertz CT molecular complexity index is 428. The molecular formula is C9H8N2O2S. The number of hydrogen-bond acceptors (Lipinski definition) is 4. The molecule has 0 saturated heterocycles. The molecular weight excluding hydrogens is 200 g/mol. The molecule has 1 aromatic carbocycles. The first kappa shape index (κ1) is 9.08. The largest absolute Gasteiger partial charge is 0.359 e. The van der Waals surface area contributed by atoms with Crippen LogP contribution in [-0.4, -0.2) is 5.16 Å². The highest BCUT2D eigenvalue weighted by molar-refractivity contribution is 7.99. The van der Waals surface area contributed by atoms with Crippen molar-refractivity contribution in [2.45, 2.75) is 16.8 Å². The lowest BCUT2D eigenvalue weighted by atomic mass is 10.4. The molecule has 72 valence electrons. The van der Waals surface area contributed by atoms with Gasteiger partial charge in [0.1, 0.15) is 0 Å². The van der Waals surface area contributed by atoms with E-state index in [1.807, 2.05) is 30.3 Å². The standard InChI is InChI=1S/C9H8N2O2S/c1-7-9(10-13-11(7)12)14-8-5-3-2-4-6-8/h2-6H,1H3. The summed E-state index contributed by atoms with van der Waals surface area (Å²) in [5.41, 5.74) is 0.485. The topological polar surface area (TPSA) is 53.0 Å². The van der Waals surface area contributed by atoms with Gasteiger partial charge in [0.2, 0.25) is 5.69 Å². The maximum absolute atomic E-state index is 10.9. The summed E-state index contributed by atoms with van der Waals surface area (Å²) in [5, 5.41) is 15.2. The first-order valence-corrected chi connectivity index (χ1v) is 4.88. The normalized spacial score (nSPS) is 10.4. The fourth-order valence-electron chi connectivity index (χ4n) is 0.972. The fraction of sp³-hybridized carbons (Fsp3) is 0.111. The average molecular weight is 208 g/mol. The van der Waals surface area contributed by atoms with Gasteiger partial charge >= 0.3 is 0 Å². The Balaban J connectivity index is 2.23. The molecule has 1 heterocycles. The minimum atomic E-state index is 0.408. The predicted octanol–water partition coefficient (Wildman–Crippen LogP) is 1.77. The second kappa shape index (κ2) is 3.71. The highest BCUT2D eigenvalue weighted by Crippen LogP contribution is 2.26. The molecule has 0 spiro atoms. The Labute approximate surface area is 85.1 Å². The first-order valence-electron chi connectivity index (χ1n) is 4.06. The third kappa shape index (κ3) is 1.72. The van der Waals surface area contributed by atoms with E-state index in [1.165, 1.54) is 11.8 Å². The number of rotatable bonds is 2. The second-order valence-electron chi connectivity index (χ2n) is 2.74. The maximum atomic E-state index is 10.9. The van der Waals surface area contributed by atoms with Crippen LogP contribution in [0.15, 0.2) is 44.9 Å². The molecule has 5 heteroatoms. The lowest BCUT2D eigenvalue weighted by molar-refractivity contribution is -0.807. The molecule has 4 nitrogen and oxygen atoms in total. The van der Waals surface area contributed by atoms with Gasteiger partial charge in [0.15, 0.2) is 0 Å². The van der Waals surface area contributed by atoms with Crippen LogP contribution >= 0.6 is 11.8 Å². The average Bonchev–Trinajstić information content (AvgIpc) is 2.52. The third-order valence-corrected chi connectivity index (χ3v) is 2.81. The minimum Gasteiger partial charge on any atom is -0.359 e. The highest BCUT2D eigenvalue weighted by atomic mass is 32.2. The van der Waals surface area contributed by atoms with E-state index in [2.05, 4.69) is 9.79 Å². The van der Waals surface area contributed by atoms with Crippen LogP contribution in [-0.2, 0) is 0 Å². The Kier molecular flexibility index (Phi) is 2.41. The summed E-state index contributed by atoms with van der Waals surface area (Å²) in [6, 6.07) is 9.71. The molecule has 0 atom stereocenters. The fourth-order valence-corrected chi connectivity index (χ4v) is 1.78. The minimum absolute atomic E-state index is 0.408. The molecule has 0 aliphatic rings. The van der Waals surface area contributed by atoms with Crippen molar-refractivity contribution in [1.29, 1.82) is 0 Å². The van der Waals surface area contributed by atoms with Crippen LogP contribution < -0.4 is 4.90 Å². The van der Waals surface area contributed by atoms with Crippen molar-refractivity contribution < 1.29 is 9.53 Å². The van der Waals surface area contributed by atoms with Crippen molar-refractivity contribution in [2.24, 2.45) is 0 Å². The molecule has 0 saturated carbocycles. The predicted molar refractivity (Wildman–Crippen MR) is 50.8 cm³/mol. The van der Waals surface area contributed by atoms with E-state index < -0.39 is 0 Å². The van der Waals surface area contributed by atoms with Gasteiger partial charge in [-0.25, -0.2) is 0 Å². The van der Waals surface area contributed by atoms with E-state index in [-0.39, 0.29) is 0 Å². The lowest BCUT2D eigenvalue weighted by Gasteiger charge is -1.93. The molecule has 0 fully saturated rings. The summed E-state index contributed by atoms with van der Waals surface area (Å²) in [6.45, 7) is 1.68. The van der Waals surface area contributed by atoms with Gasteiger partial charge < -0.3 is 5.21 Å². The van der Waals surface area contributed by atoms with Crippen molar-refractivity contribution in [3.8, 4) is 0 Å². The second-order valence-corrected chi connectivity index (χ2v) is 3.80. The lowest BCUT2D eigenvalue weighted by Crippen LogP contribution is -2.25. The Morgan fingerprint density at radius 1 is 1.36 bits per heavy atom. The monoisotopic (exact) mass is 208 g/mol. The summed E-state index contributed by atoms with van der Waals surface area (Å²) in [4.78, 5) is 1.44. The summed E-state index contributed by atoms with van der Waals surface area (Å²) in [6.07, 6.45) is 0. The van der Waals surface area contributed by atoms with Crippen LogP contribution in [0.25, 0.3) is 0 Å². The Morgan fingerprint density at radius 3 is 2.64 bits per heavy atom. The molecule has 14 heavy (non-hydrogen) atoms. The molecule has 2 rings (SSSR count). The van der Waals surface area contributed by atoms with E-state index >= 15 is 0 Å². The van der Waals surface area contributed by atoms with E-state index in [0.717, 1.165) is 4.90 Å². The molecule has 0 unspecified atom stereocenters. The van der Waals surface area contributed by atoms with Gasteiger partial charge in [-0.15, -0.1) is 0 Å². The van der Waals surface area contributed by atoms with E-state index in [1.54, 1.807) is 6.92 Å². The van der Waals surface area contributed by atoms with E-state index in [0.29, 0.717) is 15.6 Å². The van der Waals surface area contributed by atoms with Crippen LogP contribution in [0.2, 0.25) is 0 Å². The number of aromatic nitrogens is 2. The van der Waals surface area contributed by atoms with Gasteiger partial charge in [-0.05, 0) is 28.8 Å². The summed E-state index contributed by atoms with van der Waals surface area (Å²) < 4.78 is 4.46. The zero-order chi connectivity index (χ0) is 9.97. The molecule has 0 aliphatic carbocycles. The van der Waals surface area contributed by atoms with Crippen molar-refractivity contribution in [3.63, 3.8) is 0 Å². The van der Waals surface area contributed by atoms with Crippen molar-refractivity contribution >= 4 is 11.8 Å². The van der Waals surface area contributed by atoms with Crippen LogP contribution in [0.4, 0.5) is 0 Å². The van der Waals surface area contributed by atoms with Gasteiger partial charge in [0, 0.05) is 11.8 Å². The SMILES string of the molecule is Cc1c(Sc2ccccc2)no[n+]1[O-]. The van der Waals surface area contributed by atoms with Crippen LogP contribution in [0.3, 0.4) is 0 Å². The zero-order valence-electron chi connectivity index (χ0n) is 7.51. The summed E-state index contributed by atoms with van der Waals surface area (Å²) >= 11 is 1.41. The van der Waals surface area contributed by atoms with Gasteiger partial charge in [0.05, 0.1) is 5.16 Å². The molecule has 0 amide bonds. The van der Waals surface area contributed by atoms with Crippen LogP contribution in [0.5, 0.6) is 0 Å². The molecule has 0 bridgehead atoms. The molecule has 2 aromatic rings. The number of hydrogen-bond donors (Lipinski definition) is 0. The van der Waals surface area contributed by atoms with Crippen molar-refractivity contribution in [3.05, 3.63) is 41.2 Å². The Morgan fingerprint density at radius 2 is 2.07 bits per heavy atom. The van der Waals surface area contributed by atoms with Gasteiger partial charge in [-0.2, -0.15) is 0 Å². The molecule has 0 N–H and O–H groups in total. The van der Waals surface area contributed by atoms with E-state index in [4.69, 9.17) is 0 Å². The maximum Gasteiger partial charge on any atom is 0.282 e. The first-order chi connectivity index (χ1) is 6.77. The van der Waals surface area contributed by atoms with Crippen molar-refractivity contribution in [1.82, 2.24) is 5.16 Å². The highest BCUT2D eigenvalue weighted by Gasteiger charge is 2.14. The molecule has 1 aromatic heterocycles. The summed E-state index contributed by atoms with van der Waals surface area (Å²) in [5.74, 6) is 0. The van der Waals surface area contributed by atoms with Gasteiger partial charge in [0.25, 0.3) is 5.03 Å². The molecule has 0 aliphatic heterocycles. The van der Waals surface area contributed by atoms with Crippen LogP contribution in [0, 0.1) is 12.1 Å². The van der Waals surface area contributed by atoms with Gasteiger partial charge in [-0.3, -0.25) is 4.63 Å². The third-order valence-electron chi connectivity index (χ3n) is 1.74. The number of nitrogens with zero attached hydrogens (tertiary/aromatic N) is 2. The van der Waals surface area contributed by atoms with E-state index in [9.17, 15) is 5.21 Å². The smallest absolute Gasteiger partial charge is 0.282 e. The number of benzene rings is 1. The quantitative estimate of drug-likeness (QED) is 0.706.